The van der Waals surface area contributed by atoms with Crippen molar-refractivity contribution in [3.05, 3.63) is 65.1 Å². The predicted molar refractivity (Wildman–Crippen MR) is 86.5 cm³/mol. The fourth-order valence-electron chi connectivity index (χ4n) is 2.49. The summed E-state index contributed by atoms with van der Waals surface area (Å²) >= 11 is 0. The SMILES string of the molecule is Cc1ccc(NC(=O)Cc2c[nH]c3ccc(F)cc23)cc1C. The second-order valence-electron chi connectivity index (χ2n) is 5.53. The summed E-state index contributed by atoms with van der Waals surface area (Å²) in [4.78, 5) is 15.2. The van der Waals surface area contributed by atoms with Gasteiger partial charge >= 0.3 is 0 Å². The Bertz CT molecular complexity index is 851. The molecule has 0 radical (unpaired) electrons. The van der Waals surface area contributed by atoms with E-state index in [4.69, 9.17) is 0 Å². The van der Waals surface area contributed by atoms with Crippen LogP contribution in [0.2, 0.25) is 0 Å². The Kier molecular flexibility index (Phi) is 3.67. The number of H-pyrrole nitrogens is 1. The van der Waals surface area contributed by atoms with Crippen molar-refractivity contribution in [2.75, 3.05) is 5.32 Å². The van der Waals surface area contributed by atoms with Crippen molar-refractivity contribution in [3.8, 4) is 0 Å². The third kappa shape index (κ3) is 2.86. The van der Waals surface area contributed by atoms with Crippen LogP contribution in [0.15, 0.2) is 42.6 Å². The van der Waals surface area contributed by atoms with Gasteiger partial charge in [0, 0.05) is 22.8 Å². The average Bonchev–Trinajstić information content (AvgIpc) is 2.85. The number of aromatic nitrogens is 1. The Labute approximate surface area is 128 Å². The Morgan fingerprint density at radius 2 is 1.95 bits per heavy atom. The fourth-order valence-corrected chi connectivity index (χ4v) is 2.49. The van der Waals surface area contributed by atoms with Gasteiger partial charge in [0.2, 0.25) is 5.91 Å². The van der Waals surface area contributed by atoms with Crippen molar-refractivity contribution in [2.24, 2.45) is 0 Å². The van der Waals surface area contributed by atoms with Gasteiger partial charge in [0.15, 0.2) is 0 Å². The highest BCUT2D eigenvalue weighted by Crippen LogP contribution is 2.20. The van der Waals surface area contributed by atoms with Crippen LogP contribution in [0.3, 0.4) is 0 Å². The van der Waals surface area contributed by atoms with Crippen LogP contribution >= 0.6 is 0 Å². The second kappa shape index (κ2) is 5.64. The highest BCUT2D eigenvalue weighted by Gasteiger charge is 2.10. The largest absolute Gasteiger partial charge is 0.361 e. The predicted octanol–water partition coefficient (Wildman–Crippen LogP) is 4.11. The summed E-state index contributed by atoms with van der Waals surface area (Å²) in [6.07, 6.45) is 1.96. The molecule has 2 N–H and O–H groups in total. The molecule has 3 nitrogen and oxygen atoms in total. The van der Waals surface area contributed by atoms with Crippen LogP contribution in [0, 0.1) is 19.7 Å². The zero-order valence-corrected chi connectivity index (χ0v) is 12.5. The van der Waals surface area contributed by atoms with E-state index in [-0.39, 0.29) is 18.1 Å². The molecule has 0 aliphatic rings. The molecular weight excluding hydrogens is 279 g/mol. The first-order valence-electron chi connectivity index (χ1n) is 7.15. The van der Waals surface area contributed by atoms with Gasteiger partial charge < -0.3 is 10.3 Å². The van der Waals surface area contributed by atoms with Gasteiger partial charge in [-0.2, -0.15) is 0 Å². The summed E-state index contributed by atoms with van der Waals surface area (Å²) in [6.45, 7) is 4.04. The van der Waals surface area contributed by atoms with E-state index in [0.29, 0.717) is 0 Å². The lowest BCUT2D eigenvalue weighted by atomic mass is 10.1. The summed E-state index contributed by atoms with van der Waals surface area (Å²) in [7, 11) is 0. The Morgan fingerprint density at radius 1 is 1.14 bits per heavy atom. The van der Waals surface area contributed by atoms with Crippen LogP contribution < -0.4 is 5.32 Å². The number of benzene rings is 2. The van der Waals surface area contributed by atoms with Crippen LogP contribution in [-0.2, 0) is 11.2 Å². The van der Waals surface area contributed by atoms with Crippen LogP contribution in [-0.4, -0.2) is 10.9 Å². The monoisotopic (exact) mass is 296 g/mol. The van der Waals surface area contributed by atoms with Crippen molar-refractivity contribution in [1.82, 2.24) is 4.98 Å². The first-order chi connectivity index (χ1) is 10.5. The number of aromatic amines is 1. The van der Waals surface area contributed by atoms with Crippen molar-refractivity contribution in [3.63, 3.8) is 0 Å². The number of nitrogens with one attached hydrogen (secondary N) is 2. The number of carbonyl (C=O) groups is 1. The first-order valence-corrected chi connectivity index (χ1v) is 7.15. The molecule has 4 heteroatoms. The lowest BCUT2D eigenvalue weighted by Crippen LogP contribution is -2.14. The van der Waals surface area contributed by atoms with Gasteiger partial charge in [0.25, 0.3) is 0 Å². The summed E-state index contributed by atoms with van der Waals surface area (Å²) in [5.41, 5.74) is 4.71. The zero-order valence-electron chi connectivity index (χ0n) is 12.5. The van der Waals surface area contributed by atoms with Crippen LogP contribution in [0.5, 0.6) is 0 Å². The van der Waals surface area contributed by atoms with E-state index in [2.05, 4.69) is 10.3 Å². The molecule has 3 rings (SSSR count). The van der Waals surface area contributed by atoms with Gasteiger partial charge in [0.05, 0.1) is 6.42 Å². The quantitative estimate of drug-likeness (QED) is 0.750. The van der Waals surface area contributed by atoms with Gasteiger partial charge in [-0.25, -0.2) is 4.39 Å². The van der Waals surface area contributed by atoms with Gasteiger partial charge in [-0.1, -0.05) is 6.07 Å². The van der Waals surface area contributed by atoms with Crippen molar-refractivity contribution in [2.45, 2.75) is 20.3 Å². The van der Waals surface area contributed by atoms with E-state index < -0.39 is 0 Å². The molecular formula is C18H17FN2O. The Balaban J connectivity index is 1.78. The second-order valence-corrected chi connectivity index (χ2v) is 5.53. The molecule has 0 unspecified atom stereocenters. The Morgan fingerprint density at radius 3 is 2.73 bits per heavy atom. The minimum absolute atomic E-state index is 0.117. The molecule has 1 aromatic heterocycles. The highest BCUT2D eigenvalue weighted by atomic mass is 19.1. The third-order valence-electron chi connectivity index (χ3n) is 3.87. The van der Waals surface area contributed by atoms with Crippen LogP contribution in [0.25, 0.3) is 10.9 Å². The highest BCUT2D eigenvalue weighted by molar-refractivity contribution is 5.95. The van der Waals surface area contributed by atoms with Gasteiger partial charge in [-0.15, -0.1) is 0 Å². The lowest BCUT2D eigenvalue weighted by Gasteiger charge is -2.07. The van der Waals surface area contributed by atoms with Crippen molar-refractivity contribution < 1.29 is 9.18 Å². The first kappa shape index (κ1) is 14.3. The minimum atomic E-state index is -0.303. The minimum Gasteiger partial charge on any atom is -0.361 e. The molecule has 0 aliphatic heterocycles. The van der Waals surface area contributed by atoms with E-state index in [0.717, 1.165) is 27.7 Å². The molecule has 0 fully saturated rings. The zero-order chi connectivity index (χ0) is 15.7. The number of halogens is 1. The number of carbonyl (C=O) groups excluding carboxylic acids is 1. The molecule has 1 amide bonds. The number of aryl methyl sites for hydroxylation is 2. The summed E-state index contributed by atoms with van der Waals surface area (Å²) in [6, 6.07) is 10.3. The molecule has 22 heavy (non-hydrogen) atoms. The maximum atomic E-state index is 13.3. The summed E-state index contributed by atoms with van der Waals surface area (Å²) in [5, 5.41) is 3.63. The standard InChI is InChI=1S/C18H17FN2O/c1-11-3-5-15(7-12(11)2)21-18(22)8-13-10-20-17-6-4-14(19)9-16(13)17/h3-7,9-10,20H,8H2,1-2H3,(H,21,22). The third-order valence-corrected chi connectivity index (χ3v) is 3.87. The van der Waals surface area contributed by atoms with Crippen molar-refractivity contribution in [1.29, 1.82) is 0 Å². The van der Waals surface area contributed by atoms with Crippen molar-refractivity contribution >= 4 is 22.5 Å². The fraction of sp³-hybridized carbons (Fsp3) is 0.167. The smallest absolute Gasteiger partial charge is 0.228 e. The molecule has 0 aliphatic carbocycles. The number of hydrogen-bond donors (Lipinski definition) is 2. The van der Waals surface area contributed by atoms with E-state index in [1.54, 1.807) is 12.3 Å². The van der Waals surface area contributed by atoms with E-state index in [1.807, 2.05) is 32.0 Å². The maximum absolute atomic E-state index is 13.3. The Hall–Kier alpha value is -2.62. The molecule has 0 bridgehead atoms. The van der Waals surface area contributed by atoms with E-state index >= 15 is 0 Å². The molecule has 0 saturated heterocycles. The number of fused-ring (bicyclic) bond motifs is 1. The normalized spacial score (nSPS) is 10.9. The molecule has 0 atom stereocenters. The number of rotatable bonds is 3. The summed E-state index contributed by atoms with van der Waals surface area (Å²) in [5.74, 6) is -0.420. The molecule has 112 valence electrons. The van der Waals surface area contributed by atoms with Gasteiger partial charge in [0.1, 0.15) is 5.82 Å². The summed E-state index contributed by atoms with van der Waals surface area (Å²) < 4.78 is 13.3. The lowest BCUT2D eigenvalue weighted by molar-refractivity contribution is -0.115. The van der Waals surface area contributed by atoms with Gasteiger partial charge in [-0.3, -0.25) is 4.79 Å². The van der Waals surface area contributed by atoms with Crippen LogP contribution in [0.1, 0.15) is 16.7 Å². The number of anilines is 1. The van der Waals surface area contributed by atoms with Gasteiger partial charge in [-0.05, 0) is 60.9 Å². The molecule has 3 aromatic rings. The topological polar surface area (TPSA) is 44.9 Å². The number of amides is 1. The number of hydrogen-bond acceptors (Lipinski definition) is 1. The van der Waals surface area contributed by atoms with Crippen LogP contribution in [0.4, 0.5) is 10.1 Å². The molecule has 0 spiro atoms. The van der Waals surface area contributed by atoms with E-state index in [9.17, 15) is 9.18 Å². The van der Waals surface area contributed by atoms with E-state index in [1.165, 1.54) is 17.7 Å². The maximum Gasteiger partial charge on any atom is 0.228 e. The molecule has 1 heterocycles. The average molecular weight is 296 g/mol. The molecule has 0 saturated carbocycles. The molecule has 2 aromatic carbocycles.